The summed E-state index contributed by atoms with van der Waals surface area (Å²) in [6.07, 6.45) is 1.56. The molecular weight excluding hydrogens is 228 g/mol. The van der Waals surface area contributed by atoms with Crippen molar-refractivity contribution in [1.29, 1.82) is 0 Å². The predicted molar refractivity (Wildman–Crippen MR) is 58.6 cm³/mol. The molecule has 0 heterocycles. The zero-order chi connectivity index (χ0) is 10.0. The summed E-state index contributed by atoms with van der Waals surface area (Å²) in [5, 5.41) is 1.33. The molecule has 1 aromatic rings. The van der Waals surface area contributed by atoms with Crippen LogP contribution in [0.3, 0.4) is 0 Å². The van der Waals surface area contributed by atoms with E-state index in [0.717, 1.165) is 0 Å². The summed E-state index contributed by atoms with van der Waals surface area (Å²) in [5.41, 5.74) is 6.34. The number of hydrogen-bond acceptors (Lipinski definition) is 1. The van der Waals surface area contributed by atoms with Gasteiger partial charge in [-0.2, -0.15) is 0 Å². The summed E-state index contributed by atoms with van der Waals surface area (Å²) in [4.78, 5) is 0. The molecule has 0 unspecified atom stereocenters. The topological polar surface area (TPSA) is 26.0 Å². The van der Waals surface area contributed by atoms with Gasteiger partial charge in [-0.1, -0.05) is 40.9 Å². The van der Waals surface area contributed by atoms with E-state index in [1.165, 1.54) is 0 Å². The Morgan fingerprint density at radius 3 is 2.31 bits per heavy atom. The second kappa shape index (κ2) is 4.34. The highest BCUT2D eigenvalue weighted by atomic mass is 35.5. The summed E-state index contributed by atoms with van der Waals surface area (Å²) < 4.78 is 0. The van der Waals surface area contributed by atoms with Gasteiger partial charge in [-0.05, 0) is 12.1 Å². The summed E-state index contributed by atoms with van der Waals surface area (Å²) in [5.74, 6) is 0. The van der Waals surface area contributed by atoms with Crippen molar-refractivity contribution in [2.45, 2.75) is 6.04 Å². The number of hydrogen-bond donors (Lipinski definition) is 1. The second-order valence-corrected chi connectivity index (χ2v) is 3.71. The summed E-state index contributed by atoms with van der Waals surface area (Å²) >= 11 is 17.6. The monoisotopic (exact) mass is 235 g/mol. The molecule has 1 aromatic carbocycles. The third kappa shape index (κ3) is 2.18. The number of nitrogens with two attached hydrogens (primary N) is 1. The molecule has 70 valence electrons. The Kier molecular flexibility index (Phi) is 3.63. The van der Waals surface area contributed by atoms with Gasteiger partial charge in [0.1, 0.15) is 0 Å². The summed E-state index contributed by atoms with van der Waals surface area (Å²) in [6, 6.07) is 2.90. The van der Waals surface area contributed by atoms with Crippen LogP contribution in [0.2, 0.25) is 15.1 Å². The molecule has 4 heteroatoms. The van der Waals surface area contributed by atoms with Gasteiger partial charge < -0.3 is 5.73 Å². The predicted octanol–water partition coefficient (Wildman–Crippen LogP) is 3.83. The lowest BCUT2D eigenvalue weighted by molar-refractivity contribution is 0.915. The Morgan fingerprint density at radius 1 is 1.23 bits per heavy atom. The quantitative estimate of drug-likeness (QED) is 0.613. The van der Waals surface area contributed by atoms with Crippen molar-refractivity contribution < 1.29 is 0 Å². The molecule has 0 aromatic heterocycles. The van der Waals surface area contributed by atoms with Crippen molar-refractivity contribution >= 4 is 34.8 Å². The normalized spacial score (nSPS) is 12.6. The first-order valence-electron chi connectivity index (χ1n) is 3.59. The second-order valence-electron chi connectivity index (χ2n) is 2.52. The first kappa shape index (κ1) is 10.9. The molecule has 0 saturated carbocycles. The van der Waals surface area contributed by atoms with Crippen molar-refractivity contribution in [2.75, 3.05) is 0 Å². The average molecular weight is 237 g/mol. The lowest BCUT2D eigenvalue weighted by atomic mass is 10.1. The Hall–Kier alpha value is -0.210. The first-order chi connectivity index (χ1) is 6.07. The van der Waals surface area contributed by atoms with Crippen molar-refractivity contribution in [3.63, 3.8) is 0 Å². The van der Waals surface area contributed by atoms with Gasteiger partial charge in [0.25, 0.3) is 0 Å². The highest BCUT2D eigenvalue weighted by Crippen LogP contribution is 2.34. The molecule has 2 N–H and O–H groups in total. The fourth-order valence-electron chi connectivity index (χ4n) is 0.966. The average Bonchev–Trinajstić information content (AvgIpc) is 2.12. The number of rotatable bonds is 2. The molecule has 0 aliphatic carbocycles. The molecule has 0 spiro atoms. The molecule has 0 saturated heterocycles. The molecule has 0 bridgehead atoms. The molecule has 1 rings (SSSR count). The van der Waals surface area contributed by atoms with E-state index < -0.39 is 6.04 Å². The van der Waals surface area contributed by atoms with Gasteiger partial charge in [0.05, 0.1) is 16.1 Å². The minimum absolute atomic E-state index is 0.390. The third-order valence-corrected chi connectivity index (χ3v) is 2.82. The standard InChI is InChI=1S/C9H8Cl3N/c1-2-7(13)8-5(10)3-4-6(11)9(8)12/h2-4,7H,1,13H2/t7-/m1/s1. The van der Waals surface area contributed by atoms with E-state index in [-0.39, 0.29) is 0 Å². The van der Waals surface area contributed by atoms with Crippen LogP contribution in [-0.4, -0.2) is 0 Å². The van der Waals surface area contributed by atoms with Crippen LogP contribution < -0.4 is 5.73 Å². The summed E-state index contributed by atoms with van der Waals surface area (Å²) in [6.45, 7) is 3.56. The Balaban J connectivity index is 3.32. The fourth-order valence-corrected chi connectivity index (χ4v) is 1.75. The van der Waals surface area contributed by atoms with E-state index in [4.69, 9.17) is 40.5 Å². The van der Waals surface area contributed by atoms with E-state index in [1.807, 2.05) is 0 Å². The van der Waals surface area contributed by atoms with Crippen LogP contribution in [0, 0.1) is 0 Å². The van der Waals surface area contributed by atoms with E-state index in [9.17, 15) is 0 Å². The zero-order valence-electron chi connectivity index (χ0n) is 6.73. The first-order valence-corrected chi connectivity index (χ1v) is 4.73. The lowest BCUT2D eigenvalue weighted by Crippen LogP contribution is -2.08. The Bertz CT molecular complexity index is 336. The maximum Gasteiger partial charge on any atom is 0.0658 e. The third-order valence-electron chi connectivity index (χ3n) is 1.67. The van der Waals surface area contributed by atoms with Crippen molar-refractivity contribution in [3.8, 4) is 0 Å². The molecule has 0 aliphatic heterocycles. The van der Waals surface area contributed by atoms with Crippen molar-refractivity contribution in [1.82, 2.24) is 0 Å². The van der Waals surface area contributed by atoms with Crippen LogP contribution in [0.15, 0.2) is 24.8 Å². The van der Waals surface area contributed by atoms with Gasteiger partial charge in [0, 0.05) is 10.6 Å². The highest BCUT2D eigenvalue weighted by Gasteiger charge is 2.13. The van der Waals surface area contributed by atoms with Crippen molar-refractivity contribution in [3.05, 3.63) is 45.4 Å². The number of benzene rings is 1. The maximum atomic E-state index is 5.93. The number of halogens is 3. The minimum Gasteiger partial charge on any atom is -0.321 e. The molecule has 0 aliphatic rings. The Labute approximate surface area is 92.1 Å². The highest BCUT2D eigenvalue weighted by molar-refractivity contribution is 6.44. The molecule has 0 amide bonds. The van der Waals surface area contributed by atoms with E-state index in [1.54, 1.807) is 18.2 Å². The van der Waals surface area contributed by atoms with E-state index in [0.29, 0.717) is 20.6 Å². The van der Waals surface area contributed by atoms with Crippen LogP contribution in [-0.2, 0) is 0 Å². The van der Waals surface area contributed by atoms with Crippen LogP contribution in [0.25, 0.3) is 0 Å². The molecular formula is C9H8Cl3N. The van der Waals surface area contributed by atoms with Crippen LogP contribution in [0.1, 0.15) is 11.6 Å². The minimum atomic E-state index is -0.390. The van der Waals surface area contributed by atoms with Gasteiger partial charge in [-0.3, -0.25) is 0 Å². The van der Waals surface area contributed by atoms with Gasteiger partial charge in [0.15, 0.2) is 0 Å². The largest absolute Gasteiger partial charge is 0.321 e. The van der Waals surface area contributed by atoms with Gasteiger partial charge in [0.2, 0.25) is 0 Å². The molecule has 13 heavy (non-hydrogen) atoms. The van der Waals surface area contributed by atoms with Crippen LogP contribution >= 0.6 is 34.8 Å². The zero-order valence-corrected chi connectivity index (χ0v) is 9.00. The molecule has 0 fully saturated rings. The fraction of sp³-hybridized carbons (Fsp3) is 0.111. The van der Waals surface area contributed by atoms with E-state index >= 15 is 0 Å². The molecule has 0 radical (unpaired) electrons. The Morgan fingerprint density at radius 2 is 1.77 bits per heavy atom. The lowest BCUT2D eigenvalue weighted by Gasteiger charge is -2.11. The van der Waals surface area contributed by atoms with Crippen LogP contribution in [0.4, 0.5) is 0 Å². The molecule has 1 nitrogen and oxygen atoms in total. The van der Waals surface area contributed by atoms with Gasteiger partial charge >= 0.3 is 0 Å². The molecule has 1 atom stereocenters. The van der Waals surface area contributed by atoms with E-state index in [2.05, 4.69) is 6.58 Å². The van der Waals surface area contributed by atoms with Crippen molar-refractivity contribution in [2.24, 2.45) is 5.73 Å². The van der Waals surface area contributed by atoms with Gasteiger partial charge in [-0.25, -0.2) is 0 Å². The van der Waals surface area contributed by atoms with Crippen LogP contribution in [0.5, 0.6) is 0 Å². The maximum absolute atomic E-state index is 5.93. The summed E-state index contributed by atoms with van der Waals surface area (Å²) in [7, 11) is 0. The smallest absolute Gasteiger partial charge is 0.0658 e. The van der Waals surface area contributed by atoms with Gasteiger partial charge in [-0.15, -0.1) is 6.58 Å². The SMILES string of the molecule is C=C[C@@H](N)c1c(Cl)ccc(Cl)c1Cl.